The molecule has 7 heteroatoms. The van der Waals surface area contributed by atoms with Crippen molar-refractivity contribution in [1.82, 2.24) is 24.6 Å². The summed E-state index contributed by atoms with van der Waals surface area (Å²) in [4.78, 5) is 11.0. The van der Waals surface area contributed by atoms with Gasteiger partial charge in [-0.05, 0) is 37.6 Å². The fourth-order valence-corrected chi connectivity index (χ4v) is 3.36. The summed E-state index contributed by atoms with van der Waals surface area (Å²) in [5.41, 5.74) is 1.52. The highest BCUT2D eigenvalue weighted by Crippen LogP contribution is 2.23. The molecule has 0 N–H and O–H groups in total. The van der Waals surface area contributed by atoms with Crippen LogP contribution < -0.4 is 0 Å². The third-order valence-electron chi connectivity index (χ3n) is 4.60. The number of halogens is 1. The van der Waals surface area contributed by atoms with E-state index < -0.39 is 0 Å². The number of aromatic nitrogens is 4. The number of likely N-dealkylation sites (tertiary alicyclic amines) is 1. The first-order valence-corrected chi connectivity index (χ1v) is 8.55. The highest BCUT2D eigenvalue weighted by molar-refractivity contribution is 5.52. The quantitative estimate of drug-likeness (QED) is 0.713. The normalized spacial score (nSPS) is 18.5. The van der Waals surface area contributed by atoms with Crippen LogP contribution >= 0.6 is 0 Å². The second kappa shape index (κ2) is 7.14. The third-order valence-corrected chi connectivity index (χ3v) is 4.60. The Labute approximate surface area is 145 Å². The maximum atomic E-state index is 13.4. The first-order chi connectivity index (χ1) is 12.3. The van der Waals surface area contributed by atoms with E-state index in [2.05, 4.69) is 20.0 Å². The lowest BCUT2D eigenvalue weighted by atomic mass is 10.0. The minimum Gasteiger partial charge on any atom is -0.444 e. The molecule has 1 aliphatic heterocycles. The molecule has 1 fully saturated rings. The molecule has 130 valence electrons. The van der Waals surface area contributed by atoms with Crippen LogP contribution in [-0.4, -0.2) is 37.2 Å². The number of nitrogens with zero attached hydrogens (tertiary/aromatic N) is 5. The smallest absolute Gasteiger partial charge is 0.226 e. The minimum absolute atomic E-state index is 0.291. The summed E-state index contributed by atoms with van der Waals surface area (Å²) < 4.78 is 20.8. The molecule has 0 aliphatic carbocycles. The summed E-state index contributed by atoms with van der Waals surface area (Å²) in [6.07, 6.45) is 8.53. The summed E-state index contributed by atoms with van der Waals surface area (Å²) in [5.74, 6) is 0.167. The average Bonchev–Trinajstić information content (AvgIpc) is 3.29. The monoisotopic (exact) mass is 341 g/mol. The van der Waals surface area contributed by atoms with E-state index in [1.54, 1.807) is 31.1 Å². The van der Waals surface area contributed by atoms with Crippen LogP contribution in [0.3, 0.4) is 0 Å². The first kappa shape index (κ1) is 16.0. The van der Waals surface area contributed by atoms with Gasteiger partial charge in [0.15, 0.2) is 0 Å². The number of benzene rings is 1. The van der Waals surface area contributed by atoms with Crippen LogP contribution in [0.25, 0.3) is 11.5 Å². The van der Waals surface area contributed by atoms with E-state index in [1.165, 1.54) is 25.0 Å². The lowest BCUT2D eigenvalue weighted by Gasteiger charge is -2.34. The number of piperidine rings is 1. The maximum Gasteiger partial charge on any atom is 0.226 e. The van der Waals surface area contributed by atoms with Gasteiger partial charge in [0.05, 0.1) is 12.2 Å². The van der Waals surface area contributed by atoms with Crippen molar-refractivity contribution in [2.45, 2.75) is 38.4 Å². The lowest BCUT2D eigenvalue weighted by molar-refractivity contribution is 0.120. The zero-order chi connectivity index (χ0) is 17.1. The van der Waals surface area contributed by atoms with Gasteiger partial charge in [0, 0.05) is 18.2 Å². The SMILES string of the molecule is Fc1cccc(-c2nc(CN3CCCC[C@H]3Cn3cncn3)co2)c1. The second-order valence-electron chi connectivity index (χ2n) is 6.39. The Morgan fingerprint density at radius 2 is 2.24 bits per heavy atom. The molecule has 4 rings (SSSR count). The summed E-state index contributed by atoms with van der Waals surface area (Å²) in [6, 6.07) is 6.71. The molecule has 3 heterocycles. The van der Waals surface area contributed by atoms with Crippen molar-refractivity contribution >= 4 is 0 Å². The van der Waals surface area contributed by atoms with Crippen LogP contribution in [0.4, 0.5) is 4.39 Å². The Morgan fingerprint density at radius 3 is 3.08 bits per heavy atom. The van der Waals surface area contributed by atoms with E-state index in [-0.39, 0.29) is 5.82 Å². The third kappa shape index (κ3) is 3.76. The topological polar surface area (TPSA) is 60.0 Å². The number of hydrogen-bond donors (Lipinski definition) is 0. The molecule has 0 bridgehead atoms. The molecule has 1 atom stereocenters. The van der Waals surface area contributed by atoms with Crippen molar-refractivity contribution in [1.29, 1.82) is 0 Å². The molecular weight excluding hydrogens is 321 g/mol. The van der Waals surface area contributed by atoms with Crippen LogP contribution in [0.2, 0.25) is 0 Å². The van der Waals surface area contributed by atoms with E-state index in [0.717, 1.165) is 31.7 Å². The van der Waals surface area contributed by atoms with Crippen molar-refractivity contribution in [2.24, 2.45) is 0 Å². The summed E-state index contributed by atoms with van der Waals surface area (Å²) in [5, 5.41) is 4.21. The molecule has 1 aromatic carbocycles. The highest BCUT2D eigenvalue weighted by atomic mass is 19.1. The summed E-state index contributed by atoms with van der Waals surface area (Å²) >= 11 is 0. The lowest BCUT2D eigenvalue weighted by Crippen LogP contribution is -2.41. The van der Waals surface area contributed by atoms with Crippen LogP contribution in [0.15, 0.2) is 47.6 Å². The van der Waals surface area contributed by atoms with Gasteiger partial charge in [0.1, 0.15) is 24.7 Å². The summed E-state index contributed by atoms with van der Waals surface area (Å²) in [6.45, 7) is 2.58. The van der Waals surface area contributed by atoms with Crippen molar-refractivity contribution in [3.63, 3.8) is 0 Å². The van der Waals surface area contributed by atoms with Crippen molar-refractivity contribution in [3.05, 3.63) is 54.7 Å². The van der Waals surface area contributed by atoms with Crippen LogP contribution in [0, 0.1) is 5.82 Å². The van der Waals surface area contributed by atoms with Gasteiger partial charge in [-0.1, -0.05) is 12.5 Å². The van der Waals surface area contributed by atoms with Crippen LogP contribution in [0.1, 0.15) is 25.0 Å². The first-order valence-electron chi connectivity index (χ1n) is 8.55. The largest absolute Gasteiger partial charge is 0.444 e. The average molecular weight is 341 g/mol. The van der Waals surface area contributed by atoms with Gasteiger partial charge in [-0.25, -0.2) is 14.4 Å². The van der Waals surface area contributed by atoms with Crippen molar-refractivity contribution in [2.75, 3.05) is 6.54 Å². The molecule has 0 unspecified atom stereocenters. The molecule has 6 nitrogen and oxygen atoms in total. The zero-order valence-electron chi connectivity index (χ0n) is 13.9. The van der Waals surface area contributed by atoms with E-state index in [4.69, 9.17) is 4.42 Å². The van der Waals surface area contributed by atoms with E-state index in [1.807, 2.05) is 4.68 Å². The Kier molecular flexibility index (Phi) is 4.56. The van der Waals surface area contributed by atoms with Crippen molar-refractivity contribution < 1.29 is 8.81 Å². The highest BCUT2D eigenvalue weighted by Gasteiger charge is 2.24. The predicted molar refractivity (Wildman–Crippen MR) is 90.0 cm³/mol. The van der Waals surface area contributed by atoms with Gasteiger partial charge >= 0.3 is 0 Å². The number of rotatable bonds is 5. The number of oxazole rings is 1. The maximum absolute atomic E-state index is 13.4. The molecule has 0 amide bonds. The minimum atomic E-state index is -0.291. The standard InChI is InChI=1S/C18H20FN5O/c19-15-5-3-4-14(8-15)18-22-16(11-25-18)9-23-7-2-1-6-17(23)10-24-13-20-12-21-24/h3-5,8,11-13,17H,1-2,6-7,9-10H2/t17-/m0/s1. The van der Waals surface area contributed by atoms with Crippen LogP contribution in [-0.2, 0) is 13.1 Å². The molecule has 0 saturated carbocycles. The van der Waals surface area contributed by atoms with Gasteiger partial charge in [-0.3, -0.25) is 9.58 Å². The molecule has 0 radical (unpaired) electrons. The molecule has 1 saturated heterocycles. The van der Waals surface area contributed by atoms with Gasteiger partial charge in [-0.2, -0.15) is 5.10 Å². The Bertz CT molecular complexity index is 817. The molecule has 25 heavy (non-hydrogen) atoms. The Morgan fingerprint density at radius 1 is 1.28 bits per heavy atom. The molecule has 3 aromatic rings. The van der Waals surface area contributed by atoms with Gasteiger partial charge in [-0.15, -0.1) is 0 Å². The Hall–Kier alpha value is -2.54. The van der Waals surface area contributed by atoms with Crippen LogP contribution in [0.5, 0.6) is 0 Å². The van der Waals surface area contributed by atoms with Gasteiger partial charge < -0.3 is 4.42 Å². The second-order valence-corrected chi connectivity index (χ2v) is 6.39. The zero-order valence-corrected chi connectivity index (χ0v) is 13.9. The fraction of sp³-hybridized carbons (Fsp3) is 0.389. The molecular formula is C18H20FN5O. The number of hydrogen-bond acceptors (Lipinski definition) is 5. The van der Waals surface area contributed by atoms with Gasteiger partial charge in [0.25, 0.3) is 0 Å². The van der Waals surface area contributed by atoms with Crippen molar-refractivity contribution in [3.8, 4) is 11.5 Å². The Balaban J connectivity index is 1.47. The van der Waals surface area contributed by atoms with E-state index >= 15 is 0 Å². The van der Waals surface area contributed by atoms with E-state index in [0.29, 0.717) is 17.5 Å². The summed E-state index contributed by atoms with van der Waals surface area (Å²) in [7, 11) is 0. The van der Waals surface area contributed by atoms with Gasteiger partial charge in [0.2, 0.25) is 5.89 Å². The fourth-order valence-electron chi connectivity index (χ4n) is 3.36. The molecule has 2 aromatic heterocycles. The van der Waals surface area contributed by atoms with E-state index in [9.17, 15) is 4.39 Å². The molecule has 1 aliphatic rings. The predicted octanol–water partition coefficient (Wildman–Crippen LogP) is 3.13. The molecule has 0 spiro atoms.